The molecule has 1 atom stereocenters. The number of aliphatic carboxylic acids is 1. The van der Waals surface area contributed by atoms with Crippen LogP contribution in [0.25, 0.3) is 11.0 Å². The largest absolute Gasteiger partial charge is 0.480 e. The van der Waals surface area contributed by atoms with E-state index in [1.54, 1.807) is 24.3 Å². The number of carboxylic acid groups (broad SMARTS) is 1. The molecular weight excluding hydrogens is 274 g/mol. The van der Waals surface area contributed by atoms with Crippen LogP contribution < -0.4 is 10.9 Å². The fourth-order valence-corrected chi connectivity index (χ4v) is 2.25. The van der Waals surface area contributed by atoms with E-state index in [2.05, 4.69) is 5.32 Å². The maximum Gasteiger partial charge on any atom is 0.349 e. The van der Waals surface area contributed by atoms with Crippen LogP contribution in [0.3, 0.4) is 0 Å². The van der Waals surface area contributed by atoms with Crippen molar-refractivity contribution in [2.45, 2.75) is 18.9 Å². The molecule has 1 saturated carbocycles. The summed E-state index contributed by atoms with van der Waals surface area (Å²) >= 11 is 0. The molecule has 2 N–H and O–H groups in total. The van der Waals surface area contributed by atoms with Crippen molar-refractivity contribution in [3.05, 3.63) is 46.3 Å². The van der Waals surface area contributed by atoms with Crippen LogP contribution in [0.2, 0.25) is 0 Å². The summed E-state index contributed by atoms with van der Waals surface area (Å²) in [7, 11) is 0. The van der Waals surface area contributed by atoms with Crippen molar-refractivity contribution < 1.29 is 19.1 Å². The van der Waals surface area contributed by atoms with Crippen LogP contribution in [-0.4, -0.2) is 23.0 Å². The SMILES string of the molecule is O=C(NC(C(=O)O)C1CC1)c1cc2ccccc2oc1=O. The predicted octanol–water partition coefficient (Wildman–Crippen LogP) is 1.39. The number of carbonyl (C=O) groups is 2. The van der Waals surface area contributed by atoms with E-state index in [0.29, 0.717) is 11.0 Å². The summed E-state index contributed by atoms with van der Waals surface area (Å²) in [6.07, 6.45) is 1.53. The van der Waals surface area contributed by atoms with E-state index in [-0.39, 0.29) is 11.5 Å². The maximum absolute atomic E-state index is 12.1. The molecule has 6 heteroatoms. The zero-order chi connectivity index (χ0) is 15.0. The average Bonchev–Trinajstić information content (AvgIpc) is 3.27. The third-order valence-electron chi connectivity index (χ3n) is 3.53. The second kappa shape index (κ2) is 5.05. The Bertz CT molecular complexity index is 775. The van der Waals surface area contributed by atoms with Gasteiger partial charge in [0, 0.05) is 5.39 Å². The third kappa shape index (κ3) is 2.65. The summed E-state index contributed by atoms with van der Waals surface area (Å²) in [6.45, 7) is 0. The van der Waals surface area contributed by atoms with Crippen molar-refractivity contribution in [1.29, 1.82) is 0 Å². The van der Waals surface area contributed by atoms with E-state index >= 15 is 0 Å². The summed E-state index contributed by atoms with van der Waals surface area (Å²) in [4.78, 5) is 35.1. The first-order chi connectivity index (χ1) is 10.1. The molecule has 0 radical (unpaired) electrons. The zero-order valence-corrected chi connectivity index (χ0v) is 11.0. The molecule has 1 aliphatic carbocycles. The molecule has 1 aliphatic rings. The molecule has 1 heterocycles. The van der Waals surface area contributed by atoms with Gasteiger partial charge < -0.3 is 14.8 Å². The average molecular weight is 287 g/mol. The van der Waals surface area contributed by atoms with E-state index in [9.17, 15) is 14.4 Å². The van der Waals surface area contributed by atoms with Crippen molar-refractivity contribution in [1.82, 2.24) is 5.32 Å². The molecule has 6 nitrogen and oxygen atoms in total. The number of para-hydroxylation sites is 1. The van der Waals surface area contributed by atoms with Gasteiger partial charge in [0.1, 0.15) is 17.2 Å². The van der Waals surface area contributed by atoms with E-state index in [0.717, 1.165) is 12.8 Å². The van der Waals surface area contributed by atoms with Crippen molar-refractivity contribution in [2.75, 3.05) is 0 Å². The highest BCUT2D eigenvalue weighted by atomic mass is 16.4. The van der Waals surface area contributed by atoms with Crippen LogP contribution in [0.4, 0.5) is 0 Å². The minimum Gasteiger partial charge on any atom is -0.480 e. The Labute approximate surface area is 119 Å². The molecule has 0 bridgehead atoms. The van der Waals surface area contributed by atoms with Crippen molar-refractivity contribution >= 4 is 22.8 Å². The fourth-order valence-electron chi connectivity index (χ4n) is 2.25. The van der Waals surface area contributed by atoms with Crippen LogP contribution in [0, 0.1) is 5.92 Å². The quantitative estimate of drug-likeness (QED) is 0.828. The van der Waals surface area contributed by atoms with E-state index in [1.807, 2.05) is 0 Å². The van der Waals surface area contributed by atoms with Crippen LogP contribution in [0.5, 0.6) is 0 Å². The summed E-state index contributed by atoms with van der Waals surface area (Å²) in [6, 6.07) is 7.28. The summed E-state index contributed by atoms with van der Waals surface area (Å²) in [5.41, 5.74) is -0.567. The highest BCUT2D eigenvalue weighted by molar-refractivity contribution is 5.98. The molecule has 1 unspecified atom stereocenters. The first kappa shape index (κ1) is 13.4. The third-order valence-corrected chi connectivity index (χ3v) is 3.53. The number of carbonyl (C=O) groups excluding carboxylic acids is 1. The topological polar surface area (TPSA) is 96.6 Å². The second-order valence-corrected chi connectivity index (χ2v) is 5.11. The lowest BCUT2D eigenvalue weighted by Gasteiger charge is -2.13. The Kier molecular flexibility index (Phi) is 3.21. The number of rotatable bonds is 4. The molecule has 1 fully saturated rings. The van der Waals surface area contributed by atoms with Crippen LogP contribution in [0.1, 0.15) is 23.2 Å². The smallest absolute Gasteiger partial charge is 0.349 e. The number of carboxylic acids is 1. The van der Waals surface area contributed by atoms with Crippen LogP contribution in [-0.2, 0) is 4.79 Å². The van der Waals surface area contributed by atoms with E-state index < -0.39 is 23.5 Å². The number of amides is 1. The minimum atomic E-state index is -1.09. The molecule has 0 saturated heterocycles. The Morgan fingerprint density at radius 3 is 2.67 bits per heavy atom. The molecule has 0 aliphatic heterocycles. The second-order valence-electron chi connectivity index (χ2n) is 5.11. The summed E-state index contributed by atoms with van der Waals surface area (Å²) in [5, 5.41) is 12.1. The minimum absolute atomic E-state index is 0.0565. The van der Waals surface area contributed by atoms with E-state index in [1.165, 1.54) is 6.07 Å². The number of nitrogens with one attached hydrogen (secondary N) is 1. The Morgan fingerprint density at radius 2 is 2.00 bits per heavy atom. The van der Waals surface area contributed by atoms with Crippen LogP contribution in [0.15, 0.2) is 39.5 Å². The van der Waals surface area contributed by atoms with Crippen LogP contribution >= 0.6 is 0 Å². The van der Waals surface area contributed by atoms with Gasteiger partial charge in [-0.3, -0.25) is 4.79 Å². The fraction of sp³-hybridized carbons (Fsp3) is 0.267. The standard InChI is InChI=1S/C15H13NO5/c17-13(16-12(14(18)19)8-5-6-8)10-7-9-3-1-2-4-11(9)21-15(10)20/h1-4,7-8,12H,5-6H2,(H,16,17)(H,18,19). The summed E-state index contributed by atoms with van der Waals surface area (Å²) < 4.78 is 5.07. The zero-order valence-electron chi connectivity index (χ0n) is 11.0. The van der Waals surface area contributed by atoms with Gasteiger partial charge in [-0.25, -0.2) is 9.59 Å². The Hall–Kier alpha value is -2.63. The van der Waals surface area contributed by atoms with Gasteiger partial charge in [-0.1, -0.05) is 18.2 Å². The Morgan fingerprint density at radius 1 is 1.29 bits per heavy atom. The number of fused-ring (bicyclic) bond motifs is 1. The molecule has 21 heavy (non-hydrogen) atoms. The lowest BCUT2D eigenvalue weighted by Crippen LogP contribution is -2.43. The molecule has 1 amide bonds. The van der Waals surface area contributed by atoms with Gasteiger partial charge in [-0.2, -0.15) is 0 Å². The monoisotopic (exact) mass is 287 g/mol. The molecular formula is C15H13NO5. The van der Waals surface area contributed by atoms with Crippen molar-refractivity contribution in [2.24, 2.45) is 5.92 Å². The molecule has 0 spiro atoms. The van der Waals surface area contributed by atoms with E-state index in [4.69, 9.17) is 9.52 Å². The predicted molar refractivity (Wildman–Crippen MR) is 74.1 cm³/mol. The van der Waals surface area contributed by atoms with Gasteiger partial charge >= 0.3 is 11.6 Å². The van der Waals surface area contributed by atoms with Gasteiger partial charge in [0.15, 0.2) is 0 Å². The van der Waals surface area contributed by atoms with Gasteiger partial charge in [0.2, 0.25) is 0 Å². The first-order valence-corrected chi connectivity index (χ1v) is 6.63. The normalized spacial score (nSPS) is 15.6. The van der Waals surface area contributed by atoms with Gasteiger partial charge in [-0.15, -0.1) is 0 Å². The summed E-state index contributed by atoms with van der Waals surface area (Å²) in [5.74, 6) is -1.86. The maximum atomic E-state index is 12.1. The molecule has 1 aromatic carbocycles. The lowest BCUT2D eigenvalue weighted by atomic mass is 10.1. The van der Waals surface area contributed by atoms with Crippen molar-refractivity contribution in [3.8, 4) is 0 Å². The Balaban J connectivity index is 1.92. The number of hydrogen-bond donors (Lipinski definition) is 2. The number of hydrogen-bond acceptors (Lipinski definition) is 4. The molecule has 3 rings (SSSR count). The molecule has 1 aromatic heterocycles. The molecule has 2 aromatic rings. The van der Waals surface area contributed by atoms with Gasteiger partial charge in [0.25, 0.3) is 5.91 Å². The molecule has 108 valence electrons. The number of benzene rings is 1. The van der Waals surface area contributed by atoms with Gasteiger partial charge in [-0.05, 0) is 30.9 Å². The lowest BCUT2D eigenvalue weighted by molar-refractivity contribution is -0.139. The van der Waals surface area contributed by atoms with Gasteiger partial charge in [0.05, 0.1) is 0 Å². The highest BCUT2D eigenvalue weighted by Gasteiger charge is 2.37. The van der Waals surface area contributed by atoms with Crippen molar-refractivity contribution in [3.63, 3.8) is 0 Å². The first-order valence-electron chi connectivity index (χ1n) is 6.63. The highest BCUT2D eigenvalue weighted by Crippen LogP contribution is 2.32.